The Labute approximate surface area is 134 Å². The largest absolute Gasteiger partial charge is 0.356 e. The van der Waals surface area contributed by atoms with Crippen LogP contribution in [0.5, 0.6) is 0 Å². The summed E-state index contributed by atoms with van der Waals surface area (Å²) in [6, 6.07) is 0.684. The van der Waals surface area contributed by atoms with Crippen LogP contribution in [-0.2, 0) is 0 Å². The summed E-state index contributed by atoms with van der Waals surface area (Å²) in [6.45, 7) is 6.80. The number of nitrogens with zero attached hydrogens (tertiary/aromatic N) is 2. The number of hydrogen-bond donors (Lipinski definition) is 2. The second-order valence-corrected chi connectivity index (χ2v) is 5.56. The van der Waals surface area contributed by atoms with E-state index < -0.39 is 0 Å². The highest BCUT2D eigenvalue weighted by atomic mass is 127. The molecule has 0 amide bonds. The van der Waals surface area contributed by atoms with E-state index in [4.69, 9.17) is 0 Å². The Morgan fingerprint density at radius 2 is 1.89 bits per heavy atom. The maximum atomic E-state index is 4.30. The molecule has 19 heavy (non-hydrogen) atoms. The molecule has 2 N–H and O–H groups in total. The number of halogens is 1. The average molecular weight is 380 g/mol. The number of rotatable bonds is 5. The van der Waals surface area contributed by atoms with Gasteiger partial charge in [0.05, 0.1) is 0 Å². The highest BCUT2D eigenvalue weighted by Gasteiger charge is 2.22. The van der Waals surface area contributed by atoms with Crippen LogP contribution in [0.15, 0.2) is 4.99 Å². The maximum absolute atomic E-state index is 4.30. The smallest absolute Gasteiger partial charge is 0.191 e. The first-order valence-electron chi connectivity index (χ1n) is 7.52. The quantitative estimate of drug-likeness (QED) is 0.436. The number of piperidine rings is 1. The molecule has 2 rings (SSSR count). The van der Waals surface area contributed by atoms with Crippen molar-refractivity contribution in [1.82, 2.24) is 15.5 Å². The third kappa shape index (κ3) is 5.85. The lowest BCUT2D eigenvalue weighted by molar-refractivity contribution is 0.157. The Balaban J connectivity index is 0.00000180. The van der Waals surface area contributed by atoms with E-state index in [0.717, 1.165) is 25.0 Å². The molecule has 0 bridgehead atoms. The molecule has 0 radical (unpaired) electrons. The molecular formula is C14H29IN4. The minimum absolute atomic E-state index is 0. The fraction of sp³-hybridized carbons (Fsp3) is 0.929. The first kappa shape index (κ1) is 17.0. The first-order chi connectivity index (χ1) is 8.83. The van der Waals surface area contributed by atoms with Gasteiger partial charge in [0.25, 0.3) is 0 Å². The summed E-state index contributed by atoms with van der Waals surface area (Å²) in [5.41, 5.74) is 0. The van der Waals surface area contributed by atoms with Crippen molar-refractivity contribution in [3.8, 4) is 0 Å². The van der Waals surface area contributed by atoms with Crippen molar-refractivity contribution in [3.05, 3.63) is 0 Å². The van der Waals surface area contributed by atoms with Crippen molar-refractivity contribution in [2.75, 3.05) is 33.2 Å². The van der Waals surface area contributed by atoms with Crippen molar-refractivity contribution in [1.29, 1.82) is 0 Å². The molecule has 5 heteroatoms. The molecule has 112 valence electrons. The van der Waals surface area contributed by atoms with Crippen LogP contribution < -0.4 is 10.6 Å². The predicted molar refractivity (Wildman–Crippen MR) is 92.4 cm³/mol. The summed E-state index contributed by atoms with van der Waals surface area (Å²) in [5, 5.41) is 6.91. The molecular weight excluding hydrogens is 351 g/mol. The van der Waals surface area contributed by atoms with Crippen LogP contribution in [0.1, 0.15) is 39.0 Å². The molecule has 1 aliphatic heterocycles. The van der Waals surface area contributed by atoms with Crippen molar-refractivity contribution in [2.24, 2.45) is 10.9 Å². The fourth-order valence-electron chi connectivity index (χ4n) is 2.71. The third-order valence-electron chi connectivity index (χ3n) is 4.14. The van der Waals surface area contributed by atoms with E-state index in [1.54, 1.807) is 0 Å². The van der Waals surface area contributed by atoms with Crippen molar-refractivity contribution < 1.29 is 0 Å². The summed E-state index contributed by atoms with van der Waals surface area (Å²) >= 11 is 0. The van der Waals surface area contributed by atoms with Gasteiger partial charge >= 0.3 is 0 Å². The van der Waals surface area contributed by atoms with Crippen LogP contribution >= 0.6 is 24.0 Å². The van der Waals surface area contributed by atoms with E-state index in [1.807, 2.05) is 7.05 Å². The predicted octanol–water partition coefficient (Wildman–Crippen LogP) is 2.05. The highest BCUT2D eigenvalue weighted by Crippen LogP contribution is 2.27. The first-order valence-corrected chi connectivity index (χ1v) is 7.52. The van der Waals surface area contributed by atoms with Crippen LogP contribution in [0, 0.1) is 5.92 Å². The fourth-order valence-corrected chi connectivity index (χ4v) is 2.71. The monoisotopic (exact) mass is 380 g/mol. The molecule has 1 saturated heterocycles. The summed E-state index contributed by atoms with van der Waals surface area (Å²) in [6.07, 6.45) is 6.82. The molecule has 0 aromatic heterocycles. The van der Waals surface area contributed by atoms with Crippen molar-refractivity contribution in [2.45, 2.75) is 45.1 Å². The number of likely N-dealkylation sites (tertiary alicyclic amines) is 1. The highest BCUT2D eigenvalue weighted by molar-refractivity contribution is 14.0. The summed E-state index contributed by atoms with van der Waals surface area (Å²) in [4.78, 5) is 6.89. The molecule has 0 aromatic rings. The topological polar surface area (TPSA) is 39.7 Å². The average Bonchev–Trinajstić information content (AvgIpc) is 3.23. The number of guanidine groups is 1. The maximum Gasteiger partial charge on any atom is 0.191 e. The van der Waals surface area contributed by atoms with Gasteiger partial charge in [0.15, 0.2) is 5.96 Å². The van der Waals surface area contributed by atoms with Gasteiger partial charge < -0.3 is 10.6 Å². The van der Waals surface area contributed by atoms with Crippen molar-refractivity contribution >= 4 is 29.9 Å². The van der Waals surface area contributed by atoms with Gasteiger partial charge in [-0.15, -0.1) is 24.0 Å². The van der Waals surface area contributed by atoms with E-state index in [9.17, 15) is 0 Å². The van der Waals surface area contributed by atoms with Crippen LogP contribution in [0.3, 0.4) is 0 Å². The normalized spacial score (nSPS) is 24.7. The number of hydrogen-bond acceptors (Lipinski definition) is 2. The van der Waals surface area contributed by atoms with E-state index >= 15 is 0 Å². The second-order valence-electron chi connectivity index (χ2n) is 5.56. The Morgan fingerprint density at radius 1 is 1.16 bits per heavy atom. The van der Waals surface area contributed by atoms with Crippen molar-refractivity contribution in [3.63, 3.8) is 0 Å². The molecule has 2 aliphatic rings. The van der Waals surface area contributed by atoms with Gasteiger partial charge in [0, 0.05) is 26.2 Å². The molecule has 1 aliphatic carbocycles. The van der Waals surface area contributed by atoms with Gasteiger partial charge in [0.1, 0.15) is 0 Å². The zero-order valence-electron chi connectivity index (χ0n) is 12.3. The van der Waals surface area contributed by atoms with Gasteiger partial charge in [-0.1, -0.05) is 13.3 Å². The van der Waals surface area contributed by atoms with Crippen LogP contribution in [0.4, 0.5) is 0 Å². The van der Waals surface area contributed by atoms with Gasteiger partial charge in [0.2, 0.25) is 0 Å². The Morgan fingerprint density at radius 3 is 2.53 bits per heavy atom. The summed E-state index contributed by atoms with van der Waals surface area (Å²) in [7, 11) is 1.86. The van der Waals surface area contributed by atoms with Gasteiger partial charge in [-0.25, -0.2) is 0 Å². The number of nitrogens with one attached hydrogen (secondary N) is 2. The minimum atomic E-state index is 0. The van der Waals surface area contributed by atoms with Crippen LogP contribution in [-0.4, -0.2) is 50.1 Å². The summed E-state index contributed by atoms with van der Waals surface area (Å²) in [5.74, 6) is 1.87. The minimum Gasteiger partial charge on any atom is -0.356 e. The molecule has 1 heterocycles. The lowest BCUT2D eigenvalue weighted by Gasteiger charge is -2.35. The molecule has 0 spiro atoms. The van der Waals surface area contributed by atoms with E-state index in [1.165, 1.54) is 45.2 Å². The molecule has 4 nitrogen and oxygen atoms in total. The molecule has 1 saturated carbocycles. The van der Waals surface area contributed by atoms with E-state index in [2.05, 4.69) is 27.4 Å². The Kier molecular flexibility index (Phi) is 8.06. The van der Waals surface area contributed by atoms with Gasteiger partial charge in [-0.3, -0.25) is 9.89 Å². The lowest BCUT2D eigenvalue weighted by Crippen LogP contribution is -2.49. The second kappa shape index (κ2) is 9.00. The standard InChI is InChI=1S/C14H28N4.HI/c1-3-18-9-5-4-6-13(18)11-17-14(15-2)16-10-12-7-8-12;/h12-13H,3-11H2,1-2H3,(H2,15,16,17);1H. The molecule has 0 aromatic carbocycles. The Hall–Kier alpha value is -0.0400. The summed E-state index contributed by atoms with van der Waals surface area (Å²) < 4.78 is 0. The Bertz CT molecular complexity index is 279. The third-order valence-corrected chi connectivity index (χ3v) is 4.14. The molecule has 1 atom stereocenters. The zero-order chi connectivity index (χ0) is 12.8. The van der Waals surface area contributed by atoms with E-state index in [-0.39, 0.29) is 24.0 Å². The SMILES string of the molecule is CCN1CCCCC1CNC(=NC)NCC1CC1.I. The van der Waals surface area contributed by atoms with Crippen LogP contribution in [0.2, 0.25) is 0 Å². The molecule has 2 fully saturated rings. The molecule has 1 unspecified atom stereocenters. The van der Waals surface area contributed by atoms with E-state index in [0.29, 0.717) is 6.04 Å². The number of likely N-dealkylation sites (N-methyl/N-ethyl adjacent to an activating group) is 1. The zero-order valence-corrected chi connectivity index (χ0v) is 14.7. The van der Waals surface area contributed by atoms with Gasteiger partial charge in [-0.05, 0) is 44.7 Å². The lowest BCUT2D eigenvalue weighted by atomic mass is 10.0. The van der Waals surface area contributed by atoms with Gasteiger partial charge in [-0.2, -0.15) is 0 Å². The number of aliphatic imine (C=N–C) groups is 1. The van der Waals surface area contributed by atoms with Crippen LogP contribution in [0.25, 0.3) is 0 Å².